The van der Waals surface area contributed by atoms with Crippen LogP contribution in [0.25, 0.3) is 22.2 Å². The normalized spacial score (nSPS) is 26.2. The molecule has 2 bridgehead atoms. The molecule has 128 valence electrons. The first kappa shape index (κ1) is 14.9. The standard InChI is InChI=1S/C20H21N3O2/c1-23-15-3-4-16(23)12-17(11-15)25-20-7-5-18(21-22-20)13-2-6-19-14(10-13)8-9-24-19/h2,5-10,15-17H,3-4,11-12H2,1H3/t15-,16+,17?. The van der Waals surface area contributed by atoms with Crippen LogP contribution in [0.5, 0.6) is 5.88 Å². The third kappa shape index (κ3) is 2.68. The van der Waals surface area contributed by atoms with Crippen molar-refractivity contribution in [3.8, 4) is 17.1 Å². The highest BCUT2D eigenvalue weighted by molar-refractivity contribution is 5.82. The number of nitrogens with zero attached hydrogens (tertiary/aromatic N) is 3. The van der Waals surface area contributed by atoms with Gasteiger partial charge in [0.2, 0.25) is 5.88 Å². The van der Waals surface area contributed by atoms with Crippen molar-refractivity contribution in [1.29, 1.82) is 0 Å². The van der Waals surface area contributed by atoms with Crippen molar-refractivity contribution in [3.63, 3.8) is 0 Å². The van der Waals surface area contributed by atoms with E-state index in [0.29, 0.717) is 18.0 Å². The number of hydrogen-bond acceptors (Lipinski definition) is 5. The van der Waals surface area contributed by atoms with E-state index >= 15 is 0 Å². The summed E-state index contributed by atoms with van der Waals surface area (Å²) in [7, 11) is 2.24. The van der Waals surface area contributed by atoms with E-state index in [1.165, 1.54) is 12.8 Å². The van der Waals surface area contributed by atoms with Gasteiger partial charge in [0.1, 0.15) is 11.7 Å². The van der Waals surface area contributed by atoms with Crippen LogP contribution in [-0.2, 0) is 0 Å². The summed E-state index contributed by atoms with van der Waals surface area (Å²) < 4.78 is 11.5. The van der Waals surface area contributed by atoms with Gasteiger partial charge in [-0.3, -0.25) is 0 Å². The predicted octanol–water partition coefficient (Wildman–Crippen LogP) is 3.89. The minimum Gasteiger partial charge on any atom is -0.473 e. The predicted molar refractivity (Wildman–Crippen MR) is 95.5 cm³/mol. The molecule has 1 unspecified atom stereocenters. The Bertz CT molecular complexity index is 875. The Morgan fingerprint density at radius 2 is 1.88 bits per heavy atom. The van der Waals surface area contributed by atoms with Crippen LogP contribution in [0.15, 0.2) is 47.1 Å². The number of piperidine rings is 1. The molecule has 5 rings (SSSR count). The van der Waals surface area contributed by atoms with Gasteiger partial charge in [-0.1, -0.05) is 0 Å². The fraction of sp³-hybridized carbons (Fsp3) is 0.400. The fourth-order valence-electron chi connectivity index (χ4n) is 4.29. The van der Waals surface area contributed by atoms with Crippen LogP contribution in [0.2, 0.25) is 0 Å². The average molecular weight is 335 g/mol. The summed E-state index contributed by atoms with van der Waals surface area (Å²) >= 11 is 0. The zero-order valence-electron chi connectivity index (χ0n) is 14.3. The Labute approximate surface area is 146 Å². The molecule has 0 radical (unpaired) electrons. The first-order chi connectivity index (χ1) is 12.3. The van der Waals surface area contributed by atoms with Gasteiger partial charge in [0.15, 0.2) is 0 Å². The lowest BCUT2D eigenvalue weighted by molar-refractivity contribution is 0.0626. The monoisotopic (exact) mass is 335 g/mol. The lowest BCUT2D eigenvalue weighted by Crippen LogP contribution is -2.43. The molecule has 2 aliphatic heterocycles. The van der Waals surface area contributed by atoms with Crippen LogP contribution < -0.4 is 4.74 Å². The molecule has 0 N–H and O–H groups in total. The molecule has 1 aromatic carbocycles. The smallest absolute Gasteiger partial charge is 0.233 e. The molecule has 25 heavy (non-hydrogen) atoms. The maximum absolute atomic E-state index is 6.12. The van der Waals surface area contributed by atoms with Gasteiger partial charge in [-0.25, -0.2) is 0 Å². The first-order valence-corrected chi connectivity index (χ1v) is 8.96. The summed E-state index contributed by atoms with van der Waals surface area (Å²) in [6, 6.07) is 13.2. The molecule has 2 aliphatic rings. The third-order valence-electron chi connectivity index (χ3n) is 5.73. The summed E-state index contributed by atoms with van der Waals surface area (Å²) in [5.41, 5.74) is 2.76. The van der Waals surface area contributed by atoms with Gasteiger partial charge in [0.05, 0.1) is 12.0 Å². The van der Waals surface area contributed by atoms with Crippen molar-refractivity contribution in [2.45, 2.75) is 43.9 Å². The lowest BCUT2D eigenvalue weighted by atomic mass is 10.0. The van der Waals surface area contributed by atoms with Crippen molar-refractivity contribution in [1.82, 2.24) is 15.1 Å². The first-order valence-electron chi connectivity index (χ1n) is 8.96. The number of hydrogen-bond donors (Lipinski definition) is 0. The summed E-state index contributed by atoms with van der Waals surface area (Å²) in [6.07, 6.45) is 6.73. The average Bonchev–Trinajstić information content (AvgIpc) is 3.16. The van der Waals surface area contributed by atoms with E-state index in [4.69, 9.17) is 9.15 Å². The zero-order valence-corrected chi connectivity index (χ0v) is 14.3. The second-order valence-corrected chi connectivity index (χ2v) is 7.19. The van der Waals surface area contributed by atoms with E-state index in [2.05, 4.69) is 28.2 Å². The Balaban J connectivity index is 1.31. The molecule has 2 fully saturated rings. The summed E-state index contributed by atoms with van der Waals surface area (Å²) in [5, 5.41) is 9.73. The van der Waals surface area contributed by atoms with Crippen molar-refractivity contribution in [2.75, 3.05) is 7.05 Å². The number of benzene rings is 1. The summed E-state index contributed by atoms with van der Waals surface area (Å²) in [5.74, 6) is 0.627. The van der Waals surface area contributed by atoms with Gasteiger partial charge in [0, 0.05) is 29.1 Å². The van der Waals surface area contributed by atoms with Gasteiger partial charge in [-0.05, 0) is 63.1 Å². The van der Waals surface area contributed by atoms with E-state index in [1.54, 1.807) is 6.26 Å². The van der Waals surface area contributed by atoms with E-state index in [1.807, 2.05) is 30.3 Å². The topological polar surface area (TPSA) is 51.4 Å². The highest BCUT2D eigenvalue weighted by Gasteiger charge is 2.39. The van der Waals surface area contributed by atoms with Gasteiger partial charge >= 0.3 is 0 Å². The van der Waals surface area contributed by atoms with Crippen LogP contribution in [0, 0.1) is 0 Å². The Hall–Kier alpha value is -2.40. The highest BCUT2D eigenvalue weighted by atomic mass is 16.5. The molecule has 3 atom stereocenters. The van der Waals surface area contributed by atoms with E-state index in [9.17, 15) is 0 Å². The summed E-state index contributed by atoms with van der Waals surface area (Å²) in [6.45, 7) is 0. The molecule has 0 aliphatic carbocycles. The van der Waals surface area contributed by atoms with E-state index in [-0.39, 0.29) is 6.10 Å². The number of fused-ring (bicyclic) bond motifs is 3. The van der Waals surface area contributed by atoms with Crippen LogP contribution in [0.4, 0.5) is 0 Å². The number of aromatic nitrogens is 2. The van der Waals surface area contributed by atoms with Gasteiger partial charge in [0.25, 0.3) is 0 Å². The van der Waals surface area contributed by atoms with Crippen LogP contribution in [0.1, 0.15) is 25.7 Å². The second-order valence-electron chi connectivity index (χ2n) is 7.19. The molecule has 5 heteroatoms. The maximum atomic E-state index is 6.12. The molecular weight excluding hydrogens is 314 g/mol. The van der Waals surface area contributed by atoms with Crippen LogP contribution in [0.3, 0.4) is 0 Å². The largest absolute Gasteiger partial charge is 0.473 e. The molecular formula is C20H21N3O2. The van der Waals surface area contributed by atoms with Gasteiger partial charge < -0.3 is 14.1 Å². The minimum absolute atomic E-state index is 0.260. The highest BCUT2D eigenvalue weighted by Crippen LogP contribution is 2.35. The molecule has 2 saturated heterocycles. The van der Waals surface area contributed by atoms with Gasteiger partial charge in [-0.2, -0.15) is 0 Å². The fourth-order valence-corrected chi connectivity index (χ4v) is 4.29. The molecule has 0 amide bonds. The number of furan rings is 1. The summed E-state index contributed by atoms with van der Waals surface area (Å²) in [4.78, 5) is 2.51. The minimum atomic E-state index is 0.260. The third-order valence-corrected chi connectivity index (χ3v) is 5.73. The molecule has 5 nitrogen and oxygen atoms in total. The Kier molecular flexibility index (Phi) is 3.48. The molecule has 0 spiro atoms. The van der Waals surface area contributed by atoms with Crippen molar-refractivity contribution < 1.29 is 9.15 Å². The molecule has 4 heterocycles. The molecule has 3 aromatic rings. The number of ether oxygens (including phenoxy) is 1. The van der Waals surface area contributed by atoms with Crippen LogP contribution in [-0.4, -0.2) is 40.3 Å². The van der Waals surface area contributed by atoms with E-state index < -0.39 is 0 Å². The second kappa shape index (κ2) is 5.85. The maximum Gasteiger partial charge on any atom is 0.233 e. The lowest BCUT2D eigenvalue weighted by Gasteiger charge is -2.35. The van der Waals surface area contributed by atoms with Crippen molar-refractivity contribution in [3.05, 3.63) is 42.7 Å². The molecule has 2 aromatic heterocycles. The number of rotatable bonds is 3. The Morgan fingerprint density at radius 3 is 2.64 bits per heavy atom. The molecule has 0 saturated carbocycles. The van der Waals surface area contributed by atoms with Gasteiger partial charge in [-0.15, -0.1) is 10.2 Å². The van der Waals surface area contributed by atoms with E-state index in [0.717, 1.165) is 35.1 Å². The SMILES string of the molecule is CN1[C@@H]2CC[C@H]1CC(Oc1ccc(-c3ccc4occc4c3)nn1)C2. The van der Waals surface area contributed by atoms with Crippen molar-refractivity contribution in [2.24, 2.45) is 0 Å². The quantitative estimate of drug-likeness (QED) is 0.727. The zero-order chi connectivity index (χ0) is 16.8. The van der Waals surface area contributed by atoms with Crippen molar-refractivity contribution >= 4 is 11.0 Å². The Morgan fingerprint density at radius 1 is 1.04 bits per heavy atom. The van der Waals surface area contributed by atoms with Crippen LogP contribution >= 0.6 is 0 Å².